The Balaban J connectivity index is 0.000000791. The van der Waals surface area contributed by atoms with Gasteiger partial charge >= 0.3 is 0 Å². The van der Waals surface area contributed by atoms with Crippen LogP contribution in [-0.4, -0.2) is 6.54 Å². The normalized spacial score (nSPS) is 8.14. The van der Waals surface area contributed by atoms with Crippen LogP contribution >= 0.6 is 0 Å². The van der Waals surface area contributed by atoms with Gasteiger partial charge in [-0.05, 0) is 24.1 Å². The first kappa shape index (κ1) is 12.5. The van der Waals surface area contributed by atoms with E-state index in [1.54, 1.807) is 0 Å². The molecule has 2 nitrogen and oxygen atoms in total. The molecule has 0 aliphatic heterocycles. The number of anilines is 1. The second kappa shape index (κ2) is 8.12. The van der Waals surface area contributed by atoms with E-state index in [4.69, 9.17) is 5.26 Å². The van der Waals surface area contributed by atoms with E-state index >= 15 is 0 Å². The molecule has 0 heterocycles. The Labute approximate surface area is 86.6 Å². The van der Waals surface area contributed by atoms with E-state index in [9.17, 15) is 0 Å². The van der Waals surface area contributed by atoms with E-state index in [0.717, 1.165) is 12.1 Å². The maximum atomic E-state index is 8.34. The fourth-order valence-electron chi connectivity index (χ4n) is 1.04. The van der Waals surface area contributed by atoms with Crippen molar-refractivity contribution in [3.63, 3.8) is 0 Å². The van der Waals surface area contributed by atoms with E-state index in [0.29, 0.717) is 6.54 Å². The van der Waals surface area contributed by atoms with E-state index < -0.39 is 0 Å². The summed E-state index contributed by atoms with van der Waals surface area (Å²) in [5, 5.41) is 11.3. The summed E-state index contributed by atoms with van der Waals surface area (Å²) in [7, 11) is 0. The van der Waals surface area contributed by atoms with Gasteiger partial charge in [-0.15, -0.1) is 0 Å². The minimum Gasteiger partial charge on any atom is -0.372 e. The van der Waals surface area contributed by atoms with Gasteiger partial charge in [0.2, 0.25) is 0 Å². The fraction of sp³-hybridized carbons (Fsp3) is 0.417. The van der Waals surface area contributed by atoms with Gasteiger partial charge in [-0.1, -0.05) is 32.9 Å². The van der Waals surface area contributed by atoms with Gasteiger partial charge < -0.3 is 5.32 Å². The molecule has 1 N–H and O–H groups in total. The number of hydrogen-bond acceptors (Lipinski definition) is 2. The summed E-state index contributed by atoms with van der Waals surface area (Å²) in [6.45, 7) is 6.48. The first-order valence-corrected chi connectivity index (χ1v) is 5.06. The van der Waals surface area contributed by atoms with Crippen LogP contribution in [0.15, 0.2) is 24.3 Å². The minimum atomic E-state index is 0.368. The molecule has 0 spiro atoms. The molecule has 0 atom stereocenters. The molecule has 0 aliphatic carbocycles. The van der Waals surface area contributed by atoms with Crippen molar-refractivity contribution >= 4 is 5.69 Å². The molecule has 76 valence electrons. The van der Waals surface area contributed by atoms with Gasteiger partial charge in [-0.25, -0.2) is 0 Å². The highest BCUT2D eigenvalue weighted by Gasteiger charge is 1.91. The Kier molecular flexibility index (Phi) is 7.26. The van der Waals surface area contributed by atoms with Crippen LogP contribution < -0.4 is 5.32 Å². The lowest BCUT2D eigenvalue weighted by atomic mass is 10.1. The Morgan fingerprint density at radius 3 is 2.64 bits per heavy atom. The molecule has 14 heavy (non-hydrogen) atoms. The Hall–Kier alpha value is -1.49. The largest absolute Gasteiger partial charge is 0.372 e. The summed E-state index contributed by atoms with van der Waals surface area (Å²) < 4.78 is 0. The second-order valence-corrected chi connectivity index (χ2v) is 2.57. The number of nitriles is 1. The highest BCUT2D eigenvalue weighted by atomic mass is 14.9. The highest BCUT2D eigenvalue weighted by Crippen LogP contribution is 2.10. The van der Waals surface area contributed by atoms with Crippen LogP contribution in [0.2, 0.25) is 0 Å². The van der Waals surface area contributed by atoms with Gasteiger partial charge in [0.1, 0.15) is 6.54 Å². The van der Waals surface area contributed by atoms with Crippen molar-refractivity contribution in [3.8, 4) is 6.07 Å². The average molecular weight is 190 g/mol. The first-order valence-electron chi connectivity index (χ1n) is 5.06. The molecule has 2 heteroatoms. The third kappa shape index (κ3) is 4.51. The third-order valence-corrected chi connectivity index (χ3v) is 1.71. The maximum absolute atomic E-state index is 8.34. The van der Waals surface area contributed by atoms with Crippen molar-refractivity contribution in [2.75, 3.05) is 11.9 Å². The summed E-state index contributed by atoms with van der Waals surface area (Å²) >= 11 is 0. The molecule has 0 saturated heterocycles. The topological polar surface area (TPSA) is 35.8 Å². The van der Waals surface area contributed by atoms with E-state index in [1.807, 2.05) is 32.0 Å². The predicted molar refractivity (Wildman–Crippen MR) is 61.3 cm³/mol. The van der Waals surface area contributed by atoms with Crippen molar-refractivity contribution in [2.24, 2.45) is 0 Å². The lowest BCUT2D eigenvalue weighted by Gasteiger charge is -2.02. The molecule has 0 aromatic heterocycles. The zero-order valence-corrected chi connectivity index (χ0v) is 9.17. The zero-order chi connectivity index (χ0) is 10.8. The molecule has 1 rings (SSSR count). The molecule has 1 aromatic carbocycles. The summed E-state index contributed by atoms with van der Waals surface area (Å²) in [6, 6.07) is 10.2. The standard InChI is InChI=1S/C10H12N2.C2H6/c1-2-9-4-3-5-10(8-9)12-7-6-11;1-2/h3-5,8,12H,2,7H2,1H3;1-2H3. The van der Waals surface area contributed by atoms with E-state index in [2.05, 4.69) is 24.4 Å². The SMILES string of the molecule is CC.CCc1cccc(NCC#N)c1. The number of hydrogen-bond donors (Lipinski definition) is 1. The molecule has 0 saturated carbocycles. The number of nitrogens with zero attached hydrogens (tertiary/aromatic N) is 1. The smallest absolute Gasteiger partial charge is 0.103 e. The fourth-order valence-corrected chi connectivity index (χ4v) is 1.04. The van der Waals surface area contributed by atoms with Crippen LogP contribution in [0, 0.1) is 11.3 Å². The van der Waals surface area contributed by atoms with Gasteiger partial charge in [0.25, 0.3) is 0 Å². The molecule has 0 amide bonds. The molecule has 1 aromatic rings. The molecular weight excluding hydrogens is 172 g/mol. The van der Waals surface area contributed by atoms with Crippen molar-refractivity contribution in [1.29, 1.82) is 5.26 Å². The number of benzene rings is 1. The van der Waals surface area contributed by atoms with Crippen LogP contribution in [0.5, 0.6) is 0 Å². The molecule has 0 aliphatic rings. The quantitative estimate of drug-likeness (QED) is 0.743. The highest BCUT2D eigenvalue weighted by molar-refractivity contribution is 5.46. The number of aryl methyl sites for hydroxylation is 1. The summed E-state index contributed by atoms with van der Waals surface area (Å²) in [5.41, 5.74) is 2.31. The lowest BCUT2D eigenvalue weighted by molar-refractivity contribution is 1.14. The summed E-state index contributed by atoms with van der Waals surface area (Å²) in [4.78, 5) is 0. The summed E-state index contributed by atoms with van der Waals surface area (Å²) in [6.07, 6.45) is 1.03. The Morgan fingerprint density at radius 1 is 1.36 bits per heavy atom. The number of rotatable bonds is 3. The second-order valence-electron chi connectivity index (χ2n) is 2.57. The van der Waals surface area contributed by atoms with Crippen LogP contribution in [-0.2, 0) is 6.42 Å². The van der Waals surface area contributed by atoms with Crippen molar-refractivity contribution < 1.29 is 0 Å². The Bertz CT molecular complexity index is 287. The predicted octanol–water partition coefficient (Wildman–Crippen LogP) is 3.21. The van der Waals surface area contributed by atoms with Crippen molar-refractivity contribution in [2.45, 2.75) is 27.2 Å². The monoisotopic (exact) mass is 190 g/mol. The molecular formula is C12H18N2. The number of nitrogens with one attached hydrogen (secondary N) is 1. The van der Waals surface area contributed by atoms with Crippen molar-refractivity contribution in [1.82, 2.24) is 0 Å². The van der Waals surface area contributed by atoms with Crippen LogP contribution in [0.1, 0.15) is 26.3 Å². The van der Waals surface area contributed by atoms with Crippen LogP contribution in [0.25, 0.3) is 0 Å². The van der Waals surface area contributed by atoms with E-state index in [-0.39, 0.29) is 0 Å². The van der Waals surface area contributed by atoms with Gasteiger partial charge in [0.15, 0.2) is 0 Å². The maximum Gasteiger partial charge on any atom is 0.103 e. The lowest BCUT2D eigenvalue weighted by Crippen LogP contribution is -1.98. The molecule has 0 unspecified atom stereocenters. The summed E-state index contributed by atoms with van der Waals surface area (Å²) in [5.74, 6) is 0. The zero-order valence-electron chi connectivity index (χ0n) is 9.17. The van der Waals surface area contributed by atoms with Crippen LogP contribution in [0.3, 0.4) is 0 Å². The Morgan fingerprint density at radius 2 is 2.07 bits per heavy atom. The first-order chi connectivity index (χ1) is 6.86. The van der Waals surface area contributed by atoms with Crippen molar-refractivity contribution in [3.05, 3.63) is 29.8 Å². The van der Waals surface area contributed by atoms with Crippen LogP contribution in [0.4, 0.5) is 5.69 Å². The molecule has 0 fully saturated rings. The van der Waals surface area contributed by atoms with E-state index in [1.165, 1.54) is 5.56 Å². The molecule has 0 radical (unpaired) electrons. The van der Waals surface area contributed by atoms with Gasteiger partial charge in [0, 0.05) is 5.69 Å². The van der Waals surface area contributed by atoms with Gasteiger partial charge in [0.05, 0.1) is 6.07 Å². The molecule has 0 bridgehead atoms. The average Bonchev–Trinajstić information content (AvgIpc) is 2.29. The van der Waals surface area contributed by atoms with Gasteiger partial charge in [-0.3, -0.25) is 0 Å². The third-order valence-electron chi connectivity index (χ3n) is 1.71. The minimum absolute atomic E-state index is 0.368. The van der Waals surface area contributed by atoms with Gasteiger partial charge in [-0.2, -0.15) is 5.26 Å².